The summed E-state index contributed by atoms with van der Waals surface area (Å²) in [6, 6.07) is 10.7. The summed E-state index contributed by atoms with van der Waals surface area (Å²) in [5.41, 5.74) is 0.244. The van der Waals surface area contributed by atoms with Gasteiger partial charge in [-0.05, 0) is 36.2 Å². The highest BCUT2D eigenvalue weighted by Crippen LogP contribution is 2.40. The zero-order valence-electron chi connectivity index (χ0n) is 20.6. The van der Waals surface area contributed by atoms with Gasteiger partial charge in [0.2, 0.25) is 0 Å². The summed E-state index contributed by atoms with van der Waals surface area (Å²) in [5.74, 6) is -0.644. The lowest BCUT2D eigenvalue weighted by atomic mass is 10.0. The summed E-state index contributed by atoms with van der Waals surface area (Å²) in [6.07, 6.45) is -4.23. The number of hydrogen-bond acceptors (Lipinski definition) is 5. The Hall–Kier alpha value is -3.50. The van der Waals surface area contributed by atoms with Crippen LogP contribution in [0.15, 0.2) is 54.6 Å². The summed E-state index contributed by atoms with van der Waals surface area (Å²) < 4.78 is 66.4. The predicted octanol–water partition coefficient (Wildman–Crippen LogP) is 5.64. The number of aliphatic hydroxyl groups excluding tert-OH is 1. The lowest BCUT2D eigenvalue weighted by molar-refractivity contribution is -0.137. The first-order valence-corrected chi connectivity index (χ1v) is 12.0. The van der Waals surface area contributed by atoms with Crippen molar-refractivity contribution < 1.29 is 36.9 Å². The van der Waals surface area contributed by atoms with Crippen molar-refractivity contribution in [3.63, 3.8) is 0 Å². The van der Waals surface area contributed by atoms with E-state index in [1.165, 1.54) is 35.1 Å². The third-order valence-corrected chi connectivity index (χ3v) is 6.56. The van der Waals surface area contributed by atoms with Gasteiger partial charge in [-0.3, -0.25) is 4.79 Å². The molecule has 1 amide bonds. The number of fused-ring (bicyclic) bond motifs is 1. The number of aliphatic hydroxyl groups is 1. The van der Waals surface area contributed by atoms with E-state index in [9.17, 15) is 18.0 Å². The average molecular weight is 553 g/mol. The first kappa shape index (κ1) is 27.5. The van der Waals surface area contributed by atoms with Crippen molar-refractivity contribution in [1.29, 1.82) is 0 Å². The van der Waals surface area contributed by atoms with Gasteiger partial charge < -0.3 is 24.4 Å². The van der Waals surface area contributed by atoms with E-state index in [2.05, 4.69) is 0 Å². The molecule has 0 spiro atoms. The van der Waals surface area contributed by atoms with Gasteiger partial charge in [0.1, 0.15) is 30.0 Å². The maximum absolute atomic E-state index is 15.2. The first-order valence-electron chi connectivity index (χ1n) is 11.7. The Labute approximate surface area is 221 Å². The minimum absolute atomic E-state index is 0.0105. The van der Waals surface area contributed by atoms with E-state index >= 15 is 4.39 Å². The molecular weight excluding hydrogens is 528 g/mol. The van der Waals surface area contributed by atoms with Gasteiger partial charge in [-0.25, -0.2) is 4.39 Å². The number of anilines is 2. The molecule has 0 fully saturated rings. The fourth-order valence-electron chi connectivity index (χ4n) is 4.44. The predicted molar refractivity (Wildman–Crippen MR) is 136 cm³/mol. The SMILES string of the molecule is COc1cc(OCCO)cc(N(C)C(C(=O)N2CCc3ccc(C(F)(F)F)cc32)c2ccc(Cl)cc2F)c1. The lowest BCUT2D eigenvalue weighted by Gasteiger charge is -2.33. The molecule has 1 atom stereocenters. The van der Waals surface area contributed by atoms with Crippen LogP contribution in [-0.2, 0) is 17.4 Å². The van der Waals surface area contributed by atoms with Crippen molar-refractivity contribution in [2.24, 2.45) is 0 Å². The molecule has 3 aromatic rings. The summed E-state index contributed by atoms with van der Waals surface area (Å²) in [5, 5.41) is 9.25. The van der Waals surface area contributed by atoms with Crippen LogP contribution in [-0.4, -0.2) is 44.9 Å². The summed E-state index contributed by atoms with van der Waals surface area (Å²) >= 11 is 5.95. The van der Waals surface area contributed by atoms with Gasteiger partial charge in [-0.15, -0.1) is 0 Å². The number of rotatable bonds is 8. The molecule has 0 bridgehead atoms. The van der Waals surface area contributed by atoms with E-state index in [1.807, 2.05) is 0 Å². The second kappa shape index (κ2) is 11.1. The van der Waals surface area contributed by atoms with E-state index in [-0.39, 0.29) is 36.0 Å². The molecule has 38 heavy (non-hydrogen) atoms. The molecule has 0 radical (unpaired) electrons. The van der Waals surface area contributed by atoms with Crippen molar-refractivity contribution >= 4 is 28.9 Å². The van der Waals surface area contributed by atoms with E-state index in [4.69, 9.17) is 26.2 Å². The summed E-state index contributed by atoms with van der Waals surface area (Å²) in [6.45, 7) is -0.0810. The number of nitrogens with zero attached hydrogens (tertiary/aromatic N) is 2. The molecule has 0 saturated heterocycles. The monoisotopic (exact) mass is 552 g/mol. The molecule has 6 nitrogen and oxygen atoms in total. The molecule has 1 heterocycles. The molecule has 0 aromatic heterocycles. The Morgan fingerprint density at radius 2 is 1.87 bits per heavy atom. The van der Waals surface area contributed by atoms with E-state index in [0.717, 1.165) is 18.2 Å². The number of amides is 1. The van der Waals surface area contributed by atoms with Crippen LogP contribution >= 0.6 is 11.6 Å². The number of hydrogen-bond donors (Lipinski definition) is 1. The molecule has 1 unspecified atom stereocenters. The Bertz CT molecular complexity index is 1330. The van der Waals surface area contributed by atoms with Crippen LogP contribution < -0.4 is 19.3 Å². The number of likely N-dealkylation sites (N-methyl/N-ethyl adjacent to an activating group) is 1. The largest absolute Gasteiger partial charge is 0.497 e. The third kappa shape index (κ3) is 5.66. The van der Waals surface area contributed by atoms with Crippen LogP contribution in [0.2, 0.25) is 5.02 Å². The van der Waals surface area contributed by atoms with Crippen molar-refractivity contribution in [2.75, 3.05) is 43.7 Å². The van der Waals surface area contributed by atoms with Crippen molar-refractivity contribution in [2.45, 2.75) is 18.6 Å². The number of carbonyl (C=O) groups excluding carboxylic acids is 1. The standard InChI is InChI=1S/C27H25ClF4N2O4/c1-33(19-13-20(37-2)15-21(14-19)38-10-9-35)25(22-6-5-18(28)12-23(22)29)26(36)34-8-7-16-3-4-17(11-24(16)34)27(30,31)32/h3-6,11-15,25,35H,7-10H2,1-2H3. The molecule has 11 heteroatoms. The third-order valence-electron chi connectivity index (χ3n) is 6.32. The number of carbonyl (C=O) groups is 1. The first-order chi connectivity index (χ1) is 18.0. The summed E-state index contributed by atoms with van der Waals surface area (Å²) in [7, 11) is 3.00. The van der Waals surface area contributed by atoms with Gasteiger partial charge >= 0.3 is 6.18 Å². The van der Waals surface area contributed by atoms with E-state index < -0.39 is 29.5 Å². The minimum Gasteiger partial charge on any atom is -0.497 e. The maximum atomic E-state index is 15.2. The smallest absolute Gasteiger partial charge is 0.416 e. The Morgan fingerprint density at radius 1 is 1.13 bits per heavy atom. The fraction of sp³-hybridized carbons (Fsp3) is 0.296. The zero-order chi connectivity index (χ0) is 27.6. The van der Waals surface area contributed by atoms with E-state index in [1.54, 1.807) is 25.2 Å². The highest BCUT2D eigenvalue weighted by Gasteiger charge is 2.38. The van der Waals surface area contributed by atoms with Crippen LogP contribution in [0.3, 0.4) is 0 Å². The van der Waals surface area contributed by atoms with Gasteiger partial charge in [0.25, 0.3) is 5.91 Å². The van der Waals surface area contributed by atoms with Crippen LogP contribution in [0.1, 0.15) is 22.7 Å². The van der Waals surface area contributed by atoms with E-state index in [0.29, 0.717) is 29.2 Å². The molecule has 1 aliphatic heterocycles. The normalized spacial score (nSPS) is 13.7. The van der Waals surface area contributed by atoms with Crippen LogP contribution in [0.5, 0.6) is 11.5 Å². The Kier molecular flexibility index (Phi) is 8.03. The molecule has 0 saturated carbocycles. The number of benzene rings is 3. The van der Waals surface area contributed by atoms with Crippen molar-refractivity contribution in [3.8, 4) is 11.5 Å². The Morgan fingerprint density at radius 3 is 2.53 bits per heavy atom. The summed E-state index contributed by atoms with van der Waals surface area (Å²) in [4.78, 5) is 16.8. The number of alkyl halides is 3. The highest BCUT2D eigenvalue weighted by atomic mass is 35.5. The second-order valence-electron chi connectivity index (χ2n) is 8.70. The minimum atomic E-state index is -4.59. The topological polar surface area (TPSA) is 62.2 Å². The van der Waals surface area contributed by atoms with Crippen molar-refractivity contribution in [3.05, 3.63) is 82.1 Å². The van der Waals surface area contributed by atoms with Crippen LogP contribution in [0.25, 0.3) is 0 Å². The molecule has 0 aliphatic carbocycles. The van der Waals surface area contributed by atoms with Gasteiger partial charge in [0, 0.05) is 53.8 Å². The lowest BCUT2D eigenvalue weighted by Crippen LogP contribution is -2.41. The molecule has 3 aromatic carbocycles. The second-order valence-corrected chi connectivity index (χ2v) is 9.14. The Balaban J connectivity index is 1.80. The zero-order valence-corrected chi connectivity index (χ0v) is 21.3. The fourth-order valence-corrected chi connectivity index (χ4v) is 4.60. The number of methoxy groups -OCH3 is 1. The van der Waals surface area contributed by atoms with Gasteiger partial charge in [0.15, 0.2) is 0 Å². The molecular formula is C27H25ClF4N2O4. The molecule has 202 valence electrons. The quantitative estimate of drug-likeness (QED) is 0.366. The van der Waals surface area contributed by atoms with Gasteiger partial charge in [0.05, 0.1) is 19.3 Å². The maximum Gasteiger partial charge on any atom is 0.416 e. The van der Waals surface area contributed by atoms with Crippen LogP contribution in [0, 0.1) is 5.82 Å². The molecule has 1 aliphatic rings. The van der Waals surface area contributed by atoms with Crippen LogP contribution in [0.4, 0.5) is 28.9 Å². The van der Waals surface area contributed by atoms with Gasteiger partial charge in [-0.1, -0.05) is 23.7 Å². The number of ether oxygens (including phenoxy) is 2. The molecule has 4 rings (SSSR count). The highest BCUT2D eigenvalue weighted by molar-refractivity contribution is 6.30. The number of halogens is 5. The van der Waals surface area contributed by atoms with Crippen molar-refractivity contribution in [1.82, 2.24) is 0 Å². The average Bonchev–Trinajstić information content (AvgIpc) is 3.31. The van der Waals surface area contributed by atoms with Gasteiger partial charge in [-0.2, -0.15) is 13.2 Å². The molecule has 1 N–H and O–H groups in total.